The smallest absolute Gasteiger partial charge is 0.261 e. The van der Waals surface area contributed by atoms with Crippen LogP contribution in [-0.2, 0) is 0 Å². The van der Waals surface area contributed by atoms with Crippen LogP contribution in [0.15, 0.2) is 6.07 Å². The maximum Gasteiger partial charge on any atom is 0.261 e. The maximum atomic E-state index is 12.1. The molecule has 0 radical (unpaired) electrons. The van der Waals surface area contributed by atoms with Crippen molar-refractivity contribution in [1.29, 1.82) is 0 Å². The van der Waals surface area contributed by atoms with E-state index in [2.05, 4.69) is 10.00 Å². The third-order valence-electron chi connectivity index (χ3n) is 4.14. The number of amides is 1. The normalized spacial score (nSPS) is 16.5. The number of thiophene rings is 1. The van der Waals surface area contributed by atoms with Gasteiger partial charge in [0, 0.05) is 18.5 Å². The Bertz CT molecular complexity index is 639. The van der Waals surface area contributed by atoms with Gasteiger partial charge in [0.05, 0.1) is 16.6 Å². The molecule has 0 aromatic carbocycles. The number of hydrogen-bond donors (Lipinski definition) is 2. The number of nitrogens with two attached hydrogens (primary N) is 1. The summed E-state index contributed by atoms with van der Waals surface area (Å²) in [6.45, 7) is 3.00. The van der Waals surface area contributed by atoms with Crippen LogP contribution in [0.2, 0.25) is 0 Å². The van der Waals surface area contributed by atoms with Gasteiger partial charge >= 0.3 is 0 Å². The highest BCUT2D eigenvalue weighted by atomic mass is 32.1. The van der Waals surface area contributed by atoms with Crippen molar-refractivity contribution in [3.05, 3.63) is 16.6 Å². The van der Waals surface area contributed by atoms with Crippen molar-refractivity contribution in [2.45, 2.75) is 45.1 Å². The van der Waals surface area contributed by atoms with Crippen molar-refractivity contribution in [1.82, 2.24) is 15.1 Å². The molecule has 2 heterocycles. The first-order valence-electron chi connectivity index (χ1n) is 7.67. The van der Waals surface area contributed by atoms with E-state index in [0.29, 0.717) is 19.1 Å². The van der Waals surface area contributed by atoms with Gasteiger partial charge in [0.15, 0.2) is 0 Å². The Labute approximate surface area is 128 Å². The molecule has 1 amide bonds. The summed E-state index contributed by atoms with van der Waals surface area (Å²) >= 11 is 1.54. The van der Waals surface area contributed by atoms with Crippen LogP contribution in [0, 0.1) is 6.92 Å². The van der Waals surface area contributed by atoms with Gasteiger partial charge in [-0.1, -0.05) is 19.3 Å². The predicted molar refractivity (Wildman–Crippen MR) is 85.9 cm³/mol. The lowest BCUT2D eigenvalue weighted by molar-refractivity contribution is 0.0959. The van der Waals surface area contributed by atoms with Crippen LogP contribution >= 0.6 is 11.3 Å². The van der Waals surface area contributed by atoms with E-state index in [1.807, 2.05) is 13.0 Å². The molecular weight excluding hydrogens is 284 g/mol. The Morgan fingerprint density at radius 1 is 1.48 bits per heavy atom. The maximum absolute atomic E-state index is 12.1. The Hall–Kier alpha value is -1.40. The summed E-state index contributed by atoms with van der Waals surface area (Å²) in [7, 11) is 0. The molecule has 21 heavy (non-hydrogen) atoms. The minimum absolute atomic E-state index is 0.0313. The lowest BCUT2D eigenvalue weighted by Gasteiger charge is -2.22. The fraction of sp³-hybridized carbons (Fsp3) is 0.600. The summed E-state index contributed by atoms with van der Waals surface area (Å²) in [5, 5.41) is 8.66. The van der Waals surface area contributed by atoms with Crippen LogP contribution in [0.4, 0.5) is 0 Å². The highest BCUT2D eigenvalue weighted by Crippen LogP contribution is 2.35. The fourth-order valence-corrected chi connectivity index (χ4v) is 4.18. The van der Waals surface area contributed by atoms with E-state index in [1.54, 1.807) is 11.3 Å². The predicted octanol–water partition coefficient (Wildman–Crippen LogP) is 2.60. The summed E-state index contributed by atoms with van der Waals surface area (Å²) < 4.78 is 2.16. The minimum atomic E-state index is -0.0313. The number of nitrogens with one attached hydrogen (secondary N) is 1. The zero-order chi connectivity index (χ0) is 14.8. The van der Waals surface area contributed by atoms with Crippen molar-refractivity contribution >= 4 is 27.5 Å². The molecule has 5 nitrogen and oxygen atoms in total. The third-order valence-corrected chi connectivity index (χ3v) is 5.27. The van der Waals surface area contributed by atoms with Crippen LogP contribution in [0.25, 0.3) is 10.2 Å². The molecule has 3 rings (SSSR count). The SMILES string of the molecule is Cc1nn(C2CCCCC2)c2sc(C(=O)NCCN)cc12. The molecule has 6 heteroatoms. The monoisotopic (exact) mass is 306 g/mol. The second-order valence-electron chi connectivity index (χ2n) is 5.70. The Kier molecular flexibility index (Phi) is 4.26. The number of rotatable bonds is 4. The molecular formula is C15H22N4OS. The molecule has 2 aromatic rings. The first-order chi connectivity index (χ1) is 10.2. The molecule has 0 unspecified atom stereocenters. The lowest BCUT2D eigenvalue weighted by Crippen LogP contribution is -2.28. The van der Waals surface area contributed by atoms with Gasteiger partial charge in [0.1, 0.15) is 4.83 Å². The molecule has 0 bridgehead atoms. The number of aromatic nitrogens is 2. The van der Waals surface area contributed by atoms with Gasteiger partial charge < -0.3 is 11.1 Å². The van der Waals surface area contributed by atoms with Crippen molar-refractivity contribution < 1.29 is 4.79 Å². The molecule has 1 fully saturated rings. The number of hydrogen-bond acceptors (Lipinski definition) is 4. The Morgan fingerprint density at radius 2 is 2.24 bits per heavy atom. The zero-order valence-electron chi connectivity index (χ0n) is 12.4. The Morgan fingerprint density at radius 3 is 2.95 bits per heavy atom. The minimum Gasteiger partial charge on any atom is -0.350 e. The van der Waals surface area contributed by atoms with Gasteiger partial charge in [-0.15, -0.1) is 11.3 Å². The van der Waals surface area contributed by atoms with Crippen LogP contribution in [-0.4, -0.2) is 28.8 Å². The number of fused-ring (bicyclic) bond motifs is 1. The van der Waals surface area contributed by atoms with E-state index in [1.165, 1.54) is 32.1 Å². The third kappa shape index (κ3) is 2.82. The molecule has 0 aliphatic heterocycles. The van der Waals surface area contributed by atoms with Gasteiger partial charge in [-0.2, -0.15) is 5.10 Å². The Balaban J connectivity index is 1.91. The molecule has 0 atom stereocenters. The van der Waals surface area contributed by atoms with Crippen molar-refractivity contribution in [3.63, 3.8) is 0 Å². The highest BCUT2D eigenvalue weighted by Gasteiger charge is 2.22. The average molecular weight is 306 g/mol. The number of carbonyl (C=O) groups is 1. The number of aryl methyl sites for hydroxylation is 1. The highest BCUT2D eigenvalue weighted by molar-refractivity contribution is 7.20. The van der Waals surface area contributed by atoms with E-state index in [4.69, 9.17) is 10.8 Å². The first-order valence-corrected chi connectivity index (χ1v) is 8.49. The van der Waals surface area contributed by atoms with E-state index in [-0.39, 0.29) is 5.91 Å². The van der Waals surface area contributed by atoms with Gasteiger partial charge in [-0.05, 0) is 25.8 Å². The quantitative estimate of drug-likeness (QED) is 0.912. The van der Waals surface area contributed by atoms with Gasteiger partial charge in [0.2, 0.25) is 0 Å². The van der Waals surface area contributed by atoms with Crippen LogP contribution in [0.5, 0.6) is 0 Å². The van der Waals surface area contributed by atoms with E-state index < -0.39 is 0 Å². The summed E-state index contributed by atoms with van der Waals surface area (Å²) in [6, 6.07) is 2.46. The largest absolute Gasteiger partial charge is 0.350 e. The summed E-state index contributed by atoms with van der Waals surface area (Å²) in [5.74, 6) is -0.0313. The zero-order valence-corrected chi connectivity index (χ0v) is 13.2. The molecule has 1 saturated carbocycles. The summed E-state index contributed by atoms with van der Waals surface area (Å²) in [4.78, 5) is 14.0. The van der Waals surface area contributed by atoms with Crippen LogP contribution in [0.3, 0.4) is 0 Å². The second-order valence-corrected chi connectivity index (χ2v) is 6.73. The molecule has 0 spiro atoms. The molecule has 0 saturated heterocycles. The van der Waals surface area contributed by atoms with E-state index in [0.717, 1.165) is 20.8 Å². The van der Waals surface area contributed by atoms with Gasteiger partial charge in [0.25, 0.3) is 5.91 Å². The topological polar surface area (TPSA) is 72.9 Å². The van der Waals surface area contributed by atoms with Crippen molar-refractivity contribution in [3.8, 4) is 0 Å². The first kappa shape index (κ1) is 14.5. The van der Waals surface area contributed by atoms with E-state index in [9.17, 15) is 4.79 Å². The summed E-state index contributed by atoms with van der Waals surface area (Å²) in [5.41, 5.74) is 6.45. The fourth-order valence-electron chi connectivity index (χ4n) is 3.03. The van der Waals surface area contributed by atoms with Crippen LogP contribution in [0.1, 0.15) is 53.5 Å². The lowest BCUT2D eigenvalue weighted by atomic mass is 9.96. The van der Waals surface area contributed by atoms with Crippen molar-refractivity contribution in [2.75, 3.05) is 13.1 Å². The van der Waals surface area contributed by atoms with E-state index >= 15 is 0 Å². The number of nitrogens with zero attached hydrogens (tertiary/aromatic N) is 2. The van der Waals surface area contributed by atoms with Crippen molar-refractivity contribution in [2.24, 2.45) is 5.73 Å². The van der Waals surface area contributed by atoms with Gasteiger partial charge in [-0.25, -0.2) is 0 Å². The standard InChI is InChI=1S/C15H22N4OS/c1-10-12-9-13(14(20)17-8-7-16)21-15(12)19(18-10)11-5-3-2-4-6-11/h9,11H,2-8,16H2,1H3,(H,17,20). The second kappa shape index (κ2) is 6.15. The summed E-state index contributed by atoms with van der Waals surface area (Å²) in [6.07, 6.45) is 6.28. The number of carbonyl (C=O) groups excluding carboxylic acids is 1. The molecule has 3 N–H and O–H groups in total. The van der Waals surface area contributed by atoms with Gasteiger partial charge in [-0.3, -0.25) is 9.48 Å². The molecule has 1 aliphatic carbocycles. The molecule has 2 aromatic heterocycles. The molecule has 114 valence electrons. The molecule has 1 aliphatic rings. The van der Waals surface area contributed by atoms with Crippen LogP contribution < -0.4 is 11.1 Å². The average Bonchev–Trinajstić information content (AvgIpc) is 3.07.